The normalized spacial score (nSPS) is 17.3. The van der Waals surface area contributed by atoms with E-state index in [-0.39, 0.29) is 5.91 Å². The van der Waals surface area contributed by atoms with Crippen molar-refractivity contribution in [3.05, 3.63) is 41.7 Å². The maximum atomic E-state index is 12.7. The van der Waals surface area contributed by atoms with Crippen LogP contribution in [0.15, 0.2) is 30.6 Å². The average molecular weight is 386 g/mol. The van der Waals surface area contributed by atoms with Crippen LogP contribution < -0.4 is 14.8 Å². The third kappa shape index (κ3) is 4.84. The van der Waals surface area contributed by atoms with Gasteiger partial charge < -0.3 is 14.8 Å². The van der Waals surface area contributed by atoms with Gasteiger partial charge in [-0.1, -0.05) is 6.07 Å². The van der Waals surface area contributed by atoms with Crippen LogP contribution in [0, 0.1) is 5.92 Å². The Bertz CT molecular complexity index is 790. The van der Waals surface area contributed by atoms with Gasteiger partial charge in [-0.25, -0.2) is 0 Å². The van der Waals surface area contributed by atoms with Crippen molar-refractivity contribution in [2.75, 3.05) is 33.9 Å². The van der Waals surface area contributed by atoms with Crippen molar-refractivity contribution in [2.24, 2.45) is 5.92 Å². The van der Waals surface area contributed by atoms with Crippen LogP contribution in [-0.2, 0) is 13.1 Å². The summed E-state index contributed by atoms with van der Waals surface area (Å²) in [6, 6.07) is 5.35. The number of ether oxygens (including phenoxy) is 2. The second-order valence-corrected chi connectivity index (χ2v) is 7.20. The van der Waals surface area contributed by atoms with E-state index in [4.69, 9.17) is 9.47 Å². The molecule has 7 heteroatoms. The standard InChI is InChI=1S/C21H30N4O3/c1-4-25-15-17(12-23-25)14-24-10-6-7-16(13-24)11-22-21(26)18-8-5-9-19(27-2)20(18)28-3/h5,8-9,12,15-16H,4,6-7,10-11,13-14H2,1-3H3,(H,22,26)/t16-/m0/s1. The molecule has 0 bridgehead atoms. The third-order valence-corrected chi connectivity index (χ3v) is 5.22. The summed E-state index contributed by atoms with van der Waals surface area (Å²) in [4.78, 5) is 15.1. The minimum absolute atomic E-state index is 0.128. The zero-order chi connectivity index (χ0) is 19.9. The molecular weight excluding hydrogens is 356 g/mol. The molecule has 0 saturated carbocycles. The van der Waals surface area contributed by atoms with Gasteiger partial charge >= 0.3 is 0 Å². The van der Waals surface area contributed by atoms with E-state index in [1.165, 1.54) is 5.56 Å². The number of aryl methyl sites for hydroxylation is 1. The van der Waals surface area contributed by atoms with Crippen LogP contribution >= 0.6 is 0 Å². The van der Waals surface area contributed by atoms with E-state index < -0.39 is 0 Å². The summed E-state index contributed by atoms with van der Waals surface area (Å²) >= 11 is 0. The molecule has 3 rings (SSSR count). The molecule has 2 aromatic rings. The lowest BCUT2D eigenvalue weighted by Gasteiger charge is -2.32. The van der Waals surface area contributed by atoms with Crippen LogP contribution in [-0.4, -0.2) is 54.4 Å². The lowest BCUT2D eigenvalue weighted by Crippen LogP contribution is -2.40. The summed E-state index contributed by atoms with van der Waals surface area (Å²) in [5, 5.41) is 7.43. The molecule has 1 N–H and O–H groups in total. The van der Waals surface area contributed by atoms with Gasteiger partial charge in [-0.05, 0) is 44.4 Å². The minimum Gasteiger partial charge on any atom is -0.493 e. The van der Waals surface area contributed by atoms with Gasteiger partial charge in [-0.2, -0.15) is 5.10 Å². The van der Waals surface area contributed by atoms with Crippen LogP contribution in [0.3, 0.4) is 0 Å². The average Bonchev–Trinajstić information content (AvgIpc) is 3.19. The van der Waals surface area contributed by atoms with E-state index >= 15 is 0 Å². The van der Waals surface area contributed by atoms with Gasteiger partial charge in [0.05, 0.1) is 26.0 Å². The molecule has 1 aliphatic heterocycles. The van der Waals surface area contributed by atoms with Crippen LogP contribution in [0.5, 0.6) is 11.5 Å². The SMILES string of the molecule is CCn1cc(CN2CCC[C@@H](CNC(=O)c3cccc(OC)c3OC)C2)cn1. The molecule has 0 spiro atoms. The Kier molecular flexibility index (Phi) is 6.92. The lowest BCUT2D eigenvalue weighted by molar-refractivity contribution is 0.0927. The first-order valence-corrected chi connectivity index (χ1v) is 9.87. The first-order chi connectivity index (χ1) is 13.6. The number of rotatable bonds is 8. The topological polar surface area (TPSA) is 68.6 Å². The number of likely N-dealkylation sites (tertiary alicyclic amines) is 1. The third-order valence-electron chi connectivity index (χ3n) is 5.22. The Labute approximate surface area is 166 Å². The number of piperidine rings is 1. The number of benzene rings is 1. The second kappa shape index (κ2) is 9.59. The molecule has 1 amide bonds. The van der Waals surface area contributed by atoms with Gasteiger partial charge in [0.25, 0.3) is 5.91 Å². The Hall–Kier alpha value is -2.54. The van der Waals surface area contributed by atoms with Crippen molar-refractivity contribution >= 4 is 5.91 Å². The highest BCUT2D eigenvalue weighted by Crippen LogP contribution is 2.30. The fourth-order valence-electron chi connectivity index (χ4n) is 3.78. The number of nitrogens with one attached hydrogen (secondary N) is 1. The Balaban J connectivity index is 1.55. The molecule has 7 nitrogen and oxygen atoms in total. The molecular formula is C21H30N4O3. The monoisotopic (exact) mass is 386 g/mol. The molecule has 152 valence electrons. The second-order valence-electron chi connectivity index (χ2n) is 7.20. The molecule has 1 saturated heterocycles. The van der Waals surface area contributed by atoms with Gasteiger partial charge in [-0.15, -0.1) is 0 Å². The number of nitrogens with zero attached hydrogens (tertiary/aromatic N) is 3. The predicted molar refractivity (Wildman–Crippen MR) is 108 cm³/mol. The van der Waals surface area contributed by atoms with Crippen molar-refractivity contribution < 1.29 is 14.3 Å². The lowest BCUT2D eigenvalue weighted by atomic mass is 9.97. The fourth-order valence-corrected chi connectivity index (χ4v) is 3.78. The quantitative estimate of drug-likeness (QED) is 0.755. The van der Waals surface area contributed by atoms with E-state index in [2.05, 4.69) is 28.4 Å². The maximum absolute atomic E-state index is 12.7. The molecule has 0 radical (unpaired) electrons. The van der Waals surface area contributed by atoms with Crippen molar-refractivity contribution in [2.45, 2.75) is 32.9 Å². The zero-order valence-corrected chi connectivity index (χ0v) is 17.0. The van der Waals surface area contributed by atoms with Gasteiger partial charge in [-0.3, -0.25) is 14.4 Å². The number of methoxy groups -OCH3 is 2. The summed E-state index contributed by atoms with van der Waals surface area (Å²) < 4.78 is 12.6. The van der Waals surface area contributed by atoms with Crippen molar-refractivity contribution in [1.29, 1.82) is 0 Å². The summed E-state index contributed by atoms with van der Waals surface area (Å²) in [7, 11) is 3.12. The molecule has 1 aliphatic rings. The largest absolute Gasteiger partial charge is 0.493 e. The van der Waals surface area contributed by atoms with E-state index in [0.29, 0.717) is 29.5 Å². The van der Waals surface area contributed by atoms with E-state index in [9.17, 15) is 4.79 Å². The van der Waals surface area contributed by atoms with Crippen molar-refractivity contribution in [1.82, 2.24) is 20.0 Å². The van der Waals surface area contributed by atoms with Crippen LogP contribution in [0.1, 0.15) is 35.7 Å². The van der Waals surface area contributed by atoms with Gasteiger partial charge in [0.1, 0.15) is 0 Å². The van der Waals surface area contributed by atoms with E-state index in [0.717, 1.165) is 39.0 Å². The highest BCUT2D eigenvalue weighted by atomic mass is 16.5. The number of para-hydroxylation sites is 1. The molecule has 0 aliphatic carbocycles. The Morgan fingerprint density at radius 1 is 1.32 bits per heavy atom. The first-order valence-electron chi connectivity index (χ1n) is 9.87. The molecule has 2 heterocycles. The molecule has 1 atom stereocenters. The molecule has 0 unspecified atom stereocenters. The van der Waals surface area contributed by atoms with E-state index in [1.54, 1.807) is 32.4 Å². The first kappa shape index (κ1) is 20.2. The van der Waals surface area contributed by atoms with Crippen LogP contribution in [0.25, 0.3) is 0 Å². The number of aromatic nitrogens is 2. The van der Waals surface area contributed by atoms with Gasteiger partial charge in [0.15, 0.2) is 11.5 Å². The highest BCUT2D eigenvalue weighted by Gasteiger charge is 2.22. The predicted octanol–water partition coefficient (Wildman–Crippen LogP) is 2.56. The minimum atomic E-state index is -0.128. The maximum Gasteiger partial charge on any atom is 0.255 e. The van der Waals surface area contributed by atoms with Gasteiger partial charge in [0, 0.05) is 37.9 Å². The Morgan fingerprint density at radius 2 is 2.18 bits per heavy atom. The fraction of sp³-hybridized carbons (Fsp3) is 0.524. The van der Waals surface area contributed by atoms with Crippen LogP contribution in [0.2, 0.25) is 0 Å². The summed E-state index contributed by atoms with van der Waals surface area (Å²) in [6.45, 7) is 6.62. The van der Waals surface area contributed by atoms with Crippen LogP contribution in [0.4, 0.5) is 0 Å². The number of carbonyl (C=O) groups excluding carboxylic acids is 1. The number of hydrogen-bond acceptors (Lipinski definition) is 5. The Morgan fingerprint density at radius 3 is 2.89 bits per heavy atom. The number of amides is 1. The zero-order valence-electron chi connectivity index (χ0n) is 17.0. The van der Waals surface area contributed by atoms with Crippen molar-refractivity contribution in [3.8, 4) is 11.5 Å². The van der Waals surface area contributed by atoms with Gasteiger partial charge in [0.2, 0.25) is 0 Å². The van der Waals surface area contributed by atoms with Crippen molar-refractivity contribution in [3.63, 3.8) is 0 Å². The summed E-state index contributed by atoms with van der Waals surface area (Å²) in [6.07, 6.45) is 6.33. The highest BCUT2D eigenvalue weighted by molar-refractivity contribution is 5.97. The molecule has 1 aromatic carbocycles. The smallest absolute Gasteiger partial charge is 0.255 e. The summed E-state index contributed by atoms with van der Waals surface area (Å²) in [5.74, 6) is 1.35. The summed E-state index contributed by atoms with van der Waals surface area (Å²) in [5.41, 5.74) is 1.74. The number of carbonyl (C=O) groups is 1. The van der Waals surface area contributed by atoms with E-state index in [1.807, 2.05) is 10.9 Å². The molecule has 1 aromatic heterocycles. The molecule has 28 heavy (non-hydrogen) atoms. The molecule has 1 fully saturated rings. The number of hydrogen-bond donors (Lipinski definition) is 1.